The number of carbonyl (C=O) groups is 1. The number of rotatable bonds is 3. The summed E-state index contributed by atoms with van der Waals surface area (Å²) in [5.74, 6) is -0.209. The Bertz CT molecular complexity index is 581. The quantitative estimate of drug-likeness (QED) is 0.917. The molecule has 0 spiro atoms. The highest BCUT2D eigenvalue weighted by atomic mass is 16.1. The van der Waals surface area contributed by atoms with E-state index in [1.165, 1.54) is 23.5 Å². The number of amides is 1. The Morgan fingerprint density at radius 2 is 2.00 bits per heavy atom. The summed E-state index contributed by atoms with van der Waals surface area (Å²) in [4.78, 5) is 19.8. The largest absolute Gasteiger partial charge is 0.344 e. The fourth-order valence-corrected chi connectivity index (χ4v) is 1.80. The topological polar surface area (TPSA) is 54.9 Å². The SMILES string of the molecule is Cc1ccc([C@H](C)NC(=O)c2cnccn2)cc1C. The fraction of sp³-hybridized carbons (Fsp3) is 0.267. The van der Waals surface area contributed by atoms with Crippen LogP contribution >= 0.6 is 0 Å². The van der Waals surface area contributed by atoms with Crippen LogP contribution in [0.5, 0.6) is 0 Å². The monoisotopic (exact) mass is 255 g/mol. The maximum Gasteiger partial charge on any atom is 0.271 e. The van der Waals surface area contributed by atoms with Crippen molar-refractivity contribution >= 4 is 5.91 Å². The van der Waals surface area contributed by atoms with Crippen molar-refractivity contribution in [1.82, 2.24) is 15.3 Å². The van der Waals surface area contributed by atoms with Crippen molar-refractivity contribution in [2.24, 2.45) is 0 Å². The van der Waals surface area contributed by atoms with E-state index in [2.05, 4.69) is 41.3 Å². The minimum absolute atomic E-state index is 0.0613. The normalized spacial score (nSPS) is 11.9. The van der Waals surface area contributed by atoms with Crippen molar-refractivity contribution in [3.8, 4) is 0 Å². The third-order valence-corrected chi connectivity index (χ3v) is 3.17. The third kappa shape index (κ3) is 3.16. The van der Waals surface area contributed by atoms with Crippen LogP contribution in [0.3, 0.4) is 0 Å². The van der Waals surface area contributed by atoms with Crippen LogP contribution in [0.4, 0.5) is 0 Å². The lowest BCUT2D eigenvalue weighted by Gasteiger charge is -2.15. The standard InChI is InChI=1S/C15H17N3O/c1-10-4-5-13(8-11(10)2)12(3)18-15(19)14-9-16-6-7-17-14/h4-9,12H,1-3H3,(H,18,19)/t12-/m0/s1. The van der Waals surface area contributed by atoms with Crippen molar-refractivity contribution in [2.75, 3.05) is 0 Å². The van der Waals surface area contributed by atoms with E-state index in [-0.39, 0.29) is 11.9 Å². The molecule has 0 saturated heterocycles. The summed E-state index contributed by atoms with van der Waals surface area (Å²) in [6.07, 6.45) is 4.52. The van der Waals surface area contributed by atoms with Gasteiger partial charge in [-0.25, -0.2) is 4.98 Å². The first kappa shape index (κ1) is 13.2. The number of nitrogens with one attached hydrogen (secondary N) is 1. The molecule has 0 saturated carbocycles. The average Bonchev–Trinajstić information content (AvgIpc) is 2.42. The molecule has 1 aromatic heterocycles. The fourth-order valence-electron chi connectivity index (χ4n) is 1.80. The van der Waals surface area contributed by atoms with Gasteiger partial charge in [0.2, 0.25) is 0 Å². The predicted molar refractivity (Wildman–Crippen MR) is 73.8 cm³/mol. The molecule has 0 radical (unpaired) electrons. The Labute approximate surface area is 112 Å². The second-order valence-corrected chi connectivity index (χ2v) is 4.63. The van der Waals surface area contributed by atoms with Crippen LogP contribution in [0, 0.1) is 13.8 Å². The van der Waals surface area contributed by atoms with Crippen molar-refractivity contribution < 1.29 is 4.79 Å². The lowest BCUT2D eigenvalue weighted by Crippen LogP contribution is -2.27. The number of nitrogens with zero attached hydrogens (tertiary/aromatic N) is 2. The summed E-state index contributed by atoms with van der Waals surface area (Å²) in [7, 11) is 0. The predicted octanol–water partition coefficient (Wildman–Crippen LogP) is 2.58. The molecule has 4 nitrogen and oxygen atoms in total. The summed E-state index contributed by atoms with van der Waals surface area (Å²) >= 11 is 0. The number of aromatic nitrogens is 2. The third-order valence-electron chi connectivity index (χ3n) is 3.17. The van der Waals surface area contributed by atoms with Gasteiger partial charge in [-0.2, -0.15) is 0 Å². The lowest BCUT2D eigenvalue weighted by atomic mass is 10.0. The number of carbonyl (C=O) groups excluding carboxylic acids is 1. The molecule has 2 rings (SSSR count). The van der Waals surface area contributed by atoms with E-state index in [0.717, 1.165) is 5.56 Å². The zero-order valence-corrected chi connectivity index (χ0v) is 11.3. The van der Waals surface area contributed by atoms with Gasteiger partial charge in [-0.05, 0) is 37.5 Å². The van der Waals surface area contributed by atoms with E-state index in [0.29, 0.717) is 5.69 Å². The zero-order chi connectivity index (χ0) is 13.8. The van der Waals surface area contributed by atoms with Crippen LogP contribution < -0.4 is 5.32 Å². The van der Waals surface area contributed by atoms with Gasteiger partial charge in [-0.1, -0.05) is 18.2 Å². The molecule has 0 unspecified atom stereocenters. The van der Waals surface area contributed by atoms with Gasteiger partial charge in [-0.3, -0.25) is 9.78 Å². The summed E-state index contributed by atoms with van der Waals surface area (Å²) in [5.41, 5.74) is 3.88. The van der Waals surface area contributed by atoms with Gasteiger partial charge < -0.3 is 5.32 Å². The summed E-state index contributed by atoms with van der Waals surface area (Å²) in [5, 5.41) is 2.92. The van der Waals surface area contributed by atoms with E-state index in [1.807, 2.05) is 13.0 Å². The first-order chi connectivity index (χ1) is 9.08. The molecule has 4 heteroatoms. The van der Waals surface area contributed by atoms with Crippen molar-refractivity contribution in [3.05, 3.63) is 59.2 Å². The van der Waals surface area contributed by atoms with Gasteiger partial charge in [0, 0.05) is 12.4 Å². The van der Waals surface area contributed by atoms with Crippen LogP contribution in [-0.4, -0.2) is 15.9 Å². The Morgan fingerprint density at radius 3 is 2.63 bits per heavy atom. The molecule has 98 valence electrons. The second kappa shape index (κ2) is 5.61. The van der Waals surface area contributed by atoms with Gasteiger partial charge in [0.25, 0.3) is 5.91 Å². The van der Waals surface area contributed by atoms with Gasteiger partial charge in [0.1, 0.15) is 5.69 Å². The molecule has 0 aliphatic heterocycles. The van der Waals surface area contributed by atoms with Crippen molar-refractivity contribution in [3.63, 3.8) is 0 Å². The molecule has 0 fully saturated rings. The Balaban J connectivity index is 2.10. The van der Waals surface area contributed by atoms with Crippen LogP contribution in [0.2, 0.25) is 0 Å². The van der Waals surface area contributed by atoms with E-state index in [1.54, 1.807) is 6.20 Å². The van der Waals surface area contributed by atoms with Crippen molar-refractivity contribution in [2.45, 2.75) is 26.8 Å². The molecule has 0 aliphatic carbocycles. The molecule has 1 atom stereocenters. The first-order valence-electron chi connectivity index (χ1n) is 6.22. The minimum Gasteiger partial charge on any atom is -0.344 e. The number of benzene rings is 1. The maximum atomic E-state index is 12.0. The van der Waals surface area contributed by atoms with Crippen molar-refractivity contribution in [1.29, 1.82) is 0 Å². The maximum absolute atomic E-state index is 12.0. The number of hydrogen-bond acceptors (Lipinski definition) is 3. The van der Waals surface area contributed by atoms with Crippen LogP contribution in [0.15, 0.2) is 36.8 Å². The molecular weight excluding hydrogens is 238 g/mol. The second-order valence-electron chi connectivity index (χ2n) is 4.63. The number of aryl methyl sites for hydroxylation is 2. The first-order valence-corrected chi connectivity index (χ1v) is 6.22. The summed E-state index contributed by atoms with van der Waals surface area (Å²) < 4.78 is 0. The average molecular weight is 255 g/mol. The number of hydrogen-bond donors (Lipinski definition) is 1. The molecule has 19 heavy (non-hydrogen) atoms. The summed E-state index contributed by atoms with van der Waals surface area (Å²) in [6.45, 7) is 6.09. The molecule has 0 aliphatic rings. The van der Waals surface area contributed by atoms with E-state index < -0.39 is 0 Å². The zero-order valence-electron chi connectivity index (χ0n) is 11.3. The van der Waals surface area contributed by atoms with Gasteiger partial charge >= 0.3 is 0 Å². The highest BCUT2D eigenvalue weighted by Gasteiger charge is 2.12. The van der Waals surface area contributed by atoms with Gasteiger partial charge in [0.15, 0.2) is 0 Å². The Kier molecular flexibility index (Phi) is 3.90. The molecule has 2 aromatic rings. The highest BCUT2D eigenvalue weighted by Crippen LogP contribution is 2.16. The molecule has 1 N–H and O–H groups in total. The van der Waals surface area contributed by atoms with Crippen LogP contribution in [0.25, 0.3) is 0 Å². The van der Waals surface area contributed by atoms with Gasteiger partial charge in [0.05, 0.1) is 12.2 Å². The van der Waals surface area contributed by atoms with E-state index in [4.69, 9.17) is 0 Å². The molecule has 1 amide bonds. The smallest absolute Gasteiger partial charge is 0.271 e. The van der Waals surface area contributed by atoms with E-state index >= 15 is 0 Å². The molecule has 0 bridgehead atoms. The molecular formula is C15H17N3O. The van der Waals surface area contributed by atoms with Crippen LogP contribution in [0.1, 0.15) is 40.1 Å². The van der Waals surface area contributed by atoms with E-state index in [9.17, 15) is 4.79 Å². The highest BCUT2D eigenvalue weighted by molar-refractivity contribution is 5.92. The Hall–Kier alpha value is -2.23. The van der Waals surface area contributed by atoms with Gasteiger partial charge in [-0.15, -0.1) is 0 Å². The molecule has 1 aromatic carbocycles. The lowest BCUT2D eigenvalue weighted by molar-refractivity contribution is 0.0934. The minimum atomic E-state index is -0.209. The summed E-state index contributed by atoms with van der Waals surface area (Å²) in [6, 6.07) is 6.13. The Morgan fingerprint density at radius 1 is 1.21 bits per heavy atom. The van der Waals surface area contributed by atoms with Crippen LogP contribution in [-0.2, 0) is 0 Å². The molecule has 1 heterocycles.